The van der Waals surface area contributed by atoms with Gasteiger partial charge in [-0.25, -0.2) is 4.98 Å². The molecular formula is C29H23Cl3F3IN4O6. The van der Waals surface area contributed by atoms with Gasteiger partial charge in [0, 0.05) is 20.0 Å². The van der Waals surface area contributed by atoms with Gasteiger partial charge in [-0.1, -0.05) is 23.3 Å². The number of amides is 4. The van der Waals surface area contributed by atoms with Crippen LogP contribution in [0.1, 0.15) is 30.0 Å². The first-order chi connectivity index (χ1) is 21.4. The van der Waals surface area contributed by atoms with Gasteiger partial charge in [-0.3, -0.25) is 29.1 Å². The summed E-state index contributed by atoms with van der Waals surface area (Å²) in [6, 6.07) is 4.69. The van der Waals surface area contributed by atoms with E-state index in [0.29, 0.717) is 25.8 Å². The summed E-state index contributed by atoms with van der Waals surface area (Å²) in [7, 11) is 3.79. The molecule has 6 rings (SSSR count). The van der Waals surface area contributed by atoms with Crippen LogP contribution in [-0.4, -0.2) is 74.6 Å². The van der Waals surface area contributed by atoms with Crippen LogP contribution in [-0.2, 0) is 25.4 Å². The highest BCUT2D eigenvalue weighted by Gasteiger charge is 2.76. The van der Waals surface area contributed by atoms with Crippen LogP contribution in [0.15, 0.2) is 35.9 Å². The Morgan fingerprint density at radius 2 is 1.78 bits per heavy atom. The van der Waals surface area contributed by atoms with E-state index in [1.54, 1.807) is 12.1 Å². The van der Waals surface area contributed by atoms with Crippen molar-refractivity contribution >= 4 is 86.8 Å². The van der Waals surface area contributed by atoms with Crippen LogP contribution in [0.3, 0.4) is 0 Å². The van der Waals surface area contributed by atoms with E-state index in [-0.39, 0.29) is 29.4 Å². The zero-order chi connectivity index (χ0) is 33.8. The third-order valence-corrected chi connectivity index (χ3v) is 11.9. The minimum Gasteiger partial charge on any atom is -0.504 e. The minimum atomic E-state index is -4.82. The third kappa shape index (κ3) is 4.38. The molecule has 4 amide bonds. The number of carbonyl (C=O) groups excluding carboxylic acids is 4. The summed E-state index contributed by atoms with van der Waals surface area (Å²) < 4.78 is 46.1. The number of hydrogen-bond donors (Lipinski definition) is 1. The van der Waals surface area contributed by atoms with Gasteiger partial charge < -0.3 is 9.84 Å². The molecule has 3 fully saturated rings. The summed E-state index contributed by atoms with van der Waals surface area (Å²) in [6.45, 7) is 0. The number of ether oxygens (including phenoxy) is 1. The van der Waals surface area contributed by atoms with Crippen molar-refractivity contribution in [3.8, 4) is 11.5 Å². The number of anilines is 1. The molecule has 244 valence electrons. The number of aromatic nitrogens is 1. The largest absolute Gasteiger partial charge is 0.504 e. The van der Waals surface area contributed by atoms with E-state index in [4.69, 9.17) is 39.5 Å². The van der Waals surface area contributed by atoms with E-state index < -0.39 is 74.7 Å². The van der Waals surface area contributed by atoms with Crippen LogP contribution >= 0.6 is 57.4 Å². The molecule has 4 aliphatic rings. The molecule has 0 radical (unpaired) electrons. The number of hydrazine groups is 1. The number of nitrogens with zero attached hydrogens (tertiary/aromatic N) is 4. The van der Waals surface area contributed by atoms with Crippen LogP contribution < -0.4 is 9.75 Å². The van der Waals surface area contributed by atoms with E-state index in [1.807, 2.05) is 22.6 Å². The number of fused-ring (bicyclic) bond motifs is 4. The smallest absolute Gasteiger partial charge is 0.433 e. The number of alkyl halides is 5. The maximum absolute atomic E-state index is 14.2. The molecule has 0 spiro atoms. The Labute approximate surface area is 288 Å². The Bertz CT molecular complexity index is 1780. The van der Waals surface area contributed by atoms with Gasteiger partial charge in [0.05, 0.1) is 27.5 Å². The Morgan fingerprint density at radius 1 is 1.11 bits per heavy atom. The van der Waals surface area contributed by atoms with Gasteiger partial charge in [0.15, 0.2) is 27.1 Å². The first kappa shape index (κ1) is 33.1. The molecule has 2 aliphatic carbocycles. The Kier molecular flexibility index (Phi) is 7.81. The van der Waals surface area contributed by atoms with Crippen molar-refractivity contribution in [2.45, 2.75) is 34.7 Å². The summed E-state index contributed by atoms with van der Waals surface area (Å²) in [5, 5.41) is 11.9. The molecule has 1 aromatic heterocycles. The van der Waals surface area contributed by atoms with E-state index >= 15 is 0 Å². The predicted molar refractivity (Wildman–Crippen MR) is 167 cm³/mol. The monoisotopic (exact) mass is 812 g/mol. The highest BCUT2D eigenvalue weighted by Crippen LogP contribution is 2.65. The quantitative estimate of drug-likeness (QED) is 0.196. The molecule has 1 N–H and O–H groups in total. The lowest BCUT2D eigenvalue weighted by Gasteiger charge is -2.50. The molecule has 2 aliphatic heterocycles. The summed E-state index contributed by atoms with van der Waals surface area (Å²) in [4.78, 5) is 55.7. The lowest BCUT2D eigenvalue weighted by molar-refractivity contribution is -0.141. The number of carbonyl (C=O) groups is 4. The fourth-order valence-electron chi connectivity index (χ4n) is 7.22. The highest BCUT2D eigenvalue weighted by atomic mass is 127. The fourth-order valence-corrected chi connectivity index (χ4v) is 9.10. The molecule has 46 heavy (non-hydrogen) atoms. The number of phenols is 1. The van der Waals surface area contributed by atoms with Crippen molar-refractivity contribution in [3.05, 3.63) is 55.8 Å². The summed E-state index contributed by atoms with van der Waals surface area (Å²) in [6.07, 6.45) is -3.40. The minimum absolute atomic E-state index is 0.0121. The number of benzene rings is 1. The van der Waals surface area contributed by atoms with E-state index in [1.165, 1.54) is 27.3 Å². The fraction of sp³-hybridized carbons (Fsp3) is 0.414. The maximum atomic E-state index is 14.2. The third-order valence-electron chi connectivity index (χ3n) is 9.32. The van der Waals surface area contributed by atoms with Crippen molar-refractivity contribution in [1.29, 1.82) is 0 Å². The molecule has 0 unspecified atom stereocenters. The van der Waals surface area contributed by atoms with E-state index in [9.17, 15) is 37.5 Å². The van der Waals surface area contributed by atoms with Crippen LogP contribution in [0.5, 0.6) is 11.5 Å². The van der Waals surface area contributed by atoms with Crippen molar-refractivity contribution < 1.29 is 42.2 Å². The van der Waals surface area contributed by atoms with Crippen LogP contribution in [0, 0.1) is 21.3 Å². The molecule has 10 nitrogen and oxygen atoms in total. The Balaban J connectivity index is 1.48. The predicted octanol–water partition coefficient (Wildman–Crippen LogP) is 5.11. The molecule has 1 saturated carbocycles. The zero-order valence-electron chi connectivity index (χ0n) is 24.0. The lowest BCUT2D eigenvalue weighted by Crippen LogP contribution is -2.60. The number of allylic oxidation sites excluding steroid dienone is 2. The second-order valence-corrected chi connectivity index (χ2v) is 14.4. The van der Waals surface area contributed by atoms with Gasteiger partial charge in [-0.05, 0) is 71.2 Å². The van der Waals surface area contributed by atoms with Gasteiger partial charge in [0.2, 0.25) is 0 Å². The SMILES string of the molecule is COc1cc([C@H]2C3=CC[C@@H]4C(=O)N(N(C)c5nc(C(F)(F)F)ccc5Cl)C(=O)[C@@H]4[C@@H]3C[C@@]3(Cl)C(=O)N(C)C(=O)[C@@]23Cl)cc(I)c1O. The zero-order valence-corrected chi connectivity index (χ0v) is 28.5. The normalized spacial score (nSPS) is 30.7. The van der Waals surface area contributed by atoms with Gasteiger partial charge in [0.1, 0.15) is 5.69 Å². The molecule has 0 bridgehead atoms. The summed E-state index contributed by atoms with van der Waals surface area (Å²) >= 11 is 22.4. The maximum Gasteiger partial charge on any atom is 0.433 e. The topological polar surface area (TPSA) is 120 Å². The Morgan fingerprint density at radius 3 is 2.41 bits per heavy atom. The molecule has 2 aromatic rings. The van der Waals surface area contributed by atoms with Crippen molar-refractivity contribution in [2.75, 3.05) is 26.2 Å². The molecule has 2 saturated heterocycles. The molecule has 6 atom stereocenters. The molecule has 3 heterocycles. The van der Waals surface area contributed by atoms with Gasteiger partial charge in [-0.15, -0.1) is 23.2 Å². The number of halogens is 7. The second-order valence-electron chi connectivity index (χ2n) is 11.6. The number of phenolic OH excluding ortho intramolecular Hbond substituents is 1. The van der Waals surface area contributed by atoms with Gasteiger partial charge >= 0.3 is 6.18 Å². The first-order valence-corrected chi connectivity index (χ1v) is 15.9. The van der Waals surface area contributed by atoms with Crippen LogP contribution in [0.4, 0.5) is 19.0 Å². The number of aromatic hydroxyl groups is 1. The second kappa shape index (κ2) is 10.9. The van der Waals surface area contributed by atoms with Crippen LogP contribution in [0.25, 0.3) is 0 Å². The average molecular weight is 814 g/mol. The van der Waals surface area contributed by atoms with Crippen LogP contribution in [0.2, 0.25) is 5.02 Å². The number of rotatable bonds is 4. The Hall–Kier alpha value is -2.82. The first-order valence-electron chi connectivity index (χ1n) is 13.7. The summed E-state index contributed by atoms with van der Waals surface area (Å²) in [5.74, 6) is -7.69. The molecular weight excluding hydrogens is 791 g/mol. The van der Waals surface area contributed by atoms with Gasteiger partial charge in [-0.2, -0.15) is 18.2 Å². The van der Waals surface area contributed by atoms with Crippen molar-refractivity contribution in [3.63, 3.8) is 0 Å². The van der Waals surface area contributed by atoms with Crippen molar-refractivity contribution in [1.82, 2.24) is 14.9 Å². The highest BCUT2D eigenvalue weighted by molar-refractivity contribution is 14.1. The lowest BCUT2D eigenvalue weighted by atomic mass is 9.56. The average Bonchev–Trinajstić information content (AvgIpc) is 3.32. The summed E-state index contributed by atoms with van der Waals surface area (Å²) in [5.41, 5.74) is -0.423. The van der Waals surface area contributed by atoms with E-state index in [2.05, 4.69) is 4.98 Å². The molecule has 17 heteroatoms. The number of imide groups is 2. The van der Waals surface area contributed by atoms with E-state index in [0.717, 1.165) is 16.0 Å². The number of methoxy groups -OCH3 is 1. The van der Waals surface area contributed by atoms with Crippen molar-refractivity contribution in [2.24, 2.45) is 17.8 Å². The number of pyridine rings is 1. The molecule has 1 aromatic carbocycles. The number of likely N-dealkylation sites (tertiary alicyclic amines) is 1. The standard InChI is InChI=1S/C29H23Cl3F3IN4O6/c1-38-25(44)27(31)10-14-12(20(28(27,32)26(38)45)11-8-16(36)21(41)17(9-11)46-3)4-5-13-19(14)24(43)40(23(13)42)39(2)22-15(30)6-7-18(37-22)29(33,34)35/h4,6-9,13-14,19-20,41H,5,10H2,1-3H3/t13-,14+,19-,20-,27+,28-/m0/s1. The van der Waals surface area contributed by atoms with Gasteiger partial charge in [0.25, 0.3) is 23.6 Å². The number of hydrogen-bond acceptors (Lipinski definition) is 8.